The number of imide groups is 1. The highest BCUT2D eigenvalue weighted by Crippen LogP contribution is 2.36. The van der Waals surface area contributed by atoms with Crippen LogP contribution >= 0.6 is 0 Å². The number of carbonyl (C=O) groups is 3. The van der Waals surface area contributed by atoms with E-state index in [0.29, 0.717) is 34.8 Å². The largest absolute Gasteiger partial charge is 0.374 e. The van der Waals surface area contributed by atoms with Gasteiger partial charge < -0.3 is 24.6 Å². The maximum absolute atomic E-state index is 14.3. The number of amides is 3. The number of halogens is 2. The van der Waals surface area contributed by atoms with Gasteiger partial charge in [0.05, 0.1) is 59.4 Å². The first kappa shape index (κ1) is 40.1. The van der Waals surface area contributed by atoms with Crippen LogP contribution in [0.4, 0.5) is 20.3 Å². The lowest BCUT2D eigenvalue weighted by atomic mass is 9.86. The van der Waals surface area contributed by atoms with E-state index in [1.807, 2.05) is 12.1 Å². The Hall–Kier alpha value is -5.97. The molecule has 17 nitrogen and oxygen atoms in total. The highest BCUT2D eigenvalue weighted by Gasteiger charge is 2.40. The predicted octanol–water partition coefficient (Wildman–Crippen LogP) is 3.60. The van der Waals surface area contributed by atoms with Crippen LogP contribution in [0.2, 0.25) is 0 Å². The number of nitrogens with zero attached hydrogens (tertiary/aromatic N) is 9. The number of carbonyl (C=O) groups excluding carboxylic acids is 3. The third-order valence-corrected chi connectivity index (χ3v) is 13.2. The van der Waals surface area contributed by atoms with Crippen molar-refractivity contribution in [1.82, 2.24) is 43.7 Å². The van der Waals surface area contributed by atoms with Gasteiger partial charge in [0.15, 0.2) is 11.3 Å². The van der Waals surface area contributed by atoms with Gasteiger partial charge in [-0.2, -0.15) is 10.2 Å². The SMILES string of the molecule is Cn1c(=O)n(C2CCC(=O)NC2=O)c2cccc(C#CCO[C@H]3CCN(C[C@H]4CC[C@H](n5cc(NC(=O)c6cnn7ccc(N8C[C@H]9C[C@@H]8CO9)nc67)c(C(F)F)n5)CC4)C3)c21. The molecule has 1 unspecified atom stereocenters. The second kappa shape index (κ2) is 16.4. The van der Waals surface area contributed by atoms with Crippen LogP contribution < -0.4 is 21.2 Å². The minimum atomic E-state index is -2.87. The van der Waals surface area contributed by atoms with Gasteiger partial charge in [-0.1, -0.05) is 17.9 Å². The molecule has 1 aliphatic carbocycles. The fourth-order valence-electron chi connectivity index (χ4n) is 10.0. The van der Waals surface area contributed by atoms with Crippen molar-refractivity contribution < 1.29 is 32.6 Å². The molecule has 8 heterocycles. The molecule has 4 atom stereocenters. The van der Waals surface area contributed by atoms with Crippen LogP contribution in [0.25, 0.3) is 16.7 Å². The summed E-state index contributed by atoms with van der Waals surface area (Å²) in [6, 6.07) is 6.69. The summed E-state index contributed by atoms with van der Waals surface area (Å²) in [6.45, 7) is 4.21. The number of likely N-dealkylation sites (tertiary alicyclic amines) is 1. The van der Waals surface area contributed by atoms with Gasteiger partial charge in [-0.25, -0.2) is 23.1 Å². The van der Waals surface area contributed by atoms with Crippen LogP contribution in [-0.4, -0.2) is 114 Å². The number of aryl methyl sites for hydroxylation is 1. The quantitative estimate of drug-likeness (QED) is 0.155. The third-order valence-electron chi connectivity index (χ3n) is 13.2. The molecule has 5 aromatic rings. The van der Waals surface area contributed by atoms with Crippen molar-refractivity contribution in [3.8, 4) is 11.8 Å². The van der Waals surface area contributed by atoms with Gasteiger partial charge in [0.25, 0.3) is 12.3 Å². The summed E-state index contributed by atoms with van der Waals surface area (Å²) in [7, 11) is 1.65. The summed E-state index contributed by atoms with van der Waals surface area (Å²) in [4.78, 5) is 60.4. The third kappa shape index (κ3) is 7.53. The monoisotopic (exact) mass is 851 g/mol. The van der Waals surface area contributed by atoms with Crippen LogP contribution in [0.15, 0.2) is 47.7 Å². The molecular weight excluding hydrogens is 805 g/mol. The van der Waals surface area contributed by atoms with Crippen molar-refractivity contribution in [2.45, 2.75) is 88.1 Å². The number of hydrogen-bond donors (Lipinski definition) is 2. The molecule has 324 valence electrons. The lowest BCUT2D eigenvalue weighted by molar-refractivity contribution is -0.135. The van der Waals surface area contributed by atoms with Crippen molar-refractivity contribution in [3.05, 3.63) is 70.2 Å². The molecule has 2 N–H and O–H groups in total. The molecule has 0 spiro atoms. The van der Waals surface area contributed by atoms with E-state index in [4.69, 9.17) is 14.5 Å². The number of para-hydroxylation sites is 1. The zero-order valence-corrected chi connectivity index (χ0v) is 34.2. The summed E-state index contributed by atoms with van der Waals surface area (Å²) in [5.74, 6) is 6.05. The lowest BCUT2D eigenvalue weighted by Gasteiger charge is -2.31. The van der Waals surface area contributed by atoms with Crippen LogP contribution in [0.1, 0.15) is 91.5 Å². The Morgan fingerprint density at radius 1 is 1.08 bits per heavy atom. The molecule has 5 aliphatic rings. The number of nitrogens with one attached hydrogen (secondary N) is 2. The first-order valence-corrected chi connectivity index (χ1v) is 21.4. The summed E-state index contributed by atoms with van der Waals surface area (Å²) >= 11 is 0. The molecule has 10 rings (SSSR count). The van der Waals surface area contributed by atoms with Crippen LogP contribution in [0, 0.1) is 17.8 Å². The molecule has 1 aromatic carbocycles. The molecule has 2 bridgehead atoms. The molecule has 0 radical (unpaired) electrons. The average molecular weight is 852 g/mol. The fourth-order valence-corrected chi connectivity index (χ4v) is 10.0. The number of hydrogen-bond acceptors (Lipinski definition) is 11. The van der Waals surface area contributed by atoms with Crippen LogP contribution in [-0.2, 0) is 26.1 Å². The zero-order chi connectivity index (χ0) is 42.6. The molecule has 62 heavy (non-hydrogen) atoms. The van der Waals surface area contributed by atoms with Crippen molar-refractivity contribution in [1.29, 1.82) is 0 Å². The summed E-state index contributed by atoms with van der Waals surface area (Å²) in [5.41, 5.74) is 1.57. The molecule has 4 aromatic heterocycles. The molecule has 19 heteroatoms. The summed E-state index contributed by atoms with van der Waals surface area (Å²) < 4.78 is 46.5. The van der Waals surface area contributed by atoms with Crippen molar-refractivity contribution in [2.24, 2.45) is 13.0 Å². The standard InChI is InChI=1S/C43H47F2N11O6/c1-51-38-26(4-2-6-33(38)56(43(51)60)34-11-12-36(57)49-42(34)59)5-3-17-61-29-13-15-52(21-29)20-25-7-9-27(10-8-25)55-23-32(37(50-55)39(44)45)47-41(58)31-19-46-54-16-14-35(48-40(31)54)53-22-30-18-28(53)24-62-30/h2,4,6,14,16,19,23,25,27-30,34,39H,7-13,15,17-18,20-22,24H2,1H3,(H,47,58)(H,49,57,59)/t25-,27-,28-,29+,30-,34?/m1/s1. The highest BCUT2D eigenvalue weighted by molar-refractivity contribution is 6.08. The number of aromatic nitrogens is 7. The first-order valence-electron chi connectivity index (χ1n) is 21.4. The van der Waals surface area contributed by atoms with Gasteiger partial charge in [0, 0.05) is 52.0 Å². The number of fused-ring (bicyclic) bond motifs is 4. The molecular formula is C43H47F2N11O6. The topological polar surface area (TPSA) is 175 Å². The van der Waals surface area contributed by atoms with Crippen molar-refractivity contribution >= 4 is 45.9 Å². The number of anilines is 2. The van der Waals surface area contributed by atoms with Crippen molar-refractivity contribution in [2.75, 3.05) is 49.6 Å². The van der Waals surface area contributed by atoms with Gasteiger partial charge in [0.2, 0.25) is 11.8 Å². The van der Waals surface area contributed by atoms with E-state index < -0.39 is 30.0 Å². The molecule has 4 saturated heterocycles. The Kier molecular flexibility index (Phi) is 10.6. The molecule has 1 saturated carbocycles. The number of rotatable bonds is 10. The maximum Gasteiger partial charge on any atom is 0.329 e. The summed E-state index contributed by atoms with van der Waals surface area (Å²) in [5, 5.41) is 13.6. The fraction of sp³-hybridized carbons (Fsp3) is 0.512. The highest BCUT2D eigenvalue weighted by atomic mass is 19.3. The smallest absolute Gasteiger partial charge is 0.329 e. The number of piperidine rings is 1. The van der Waals surface area contributed by atoms with E-state index in [2.05, 4.69) is 42.5 Å². The summed E-state index contributed by atoms with van der Waals surface area (Å²) in [6.07, 6.45) is 7.68. The predicted molar refractivity (Wildman–Crippen MR) is 221 cm³/mol. The normalized spacial score (nSPS) is 25.3. The first-order chi connectivity index (χ1) is 30.1. The van der Waals surface area contributed by atoms with Gasteiger partial charge in [0.1, 0.15) is 24.0 Å². The van der Waals surface area contributed by atoms with Crippen LogP contribution in [0.3, 0.4) is 0 Å². The van der Waals surface area contributed by atoms with E-state index in [0.717, 1.165) is 70.5 Å². The van der Waals surface area contributed by atoms with E-state index in [1.165, 1.54) is 26.0 Å². The van der Waals surface area contributed by atoms with E-state index in [9.17, 15) is 28.0 Å². The maximum atomic E-state index is 14.3. The average Bonchev–Trinajstić information content (AvgIpc) is 4.14. The Bertz CT molecular complexity index is 2690. The van der Waals surface area contributed by atoms with Gasteiger partial charge >= 0.3 is 5.69 Å². The second-order valence-corrected chi connectivity index (χ2v) is 17.1. The number of alkyl halides is 2. The second-order valence-electron chi connectivity index (χ2n) is 17.1. The minimum Gasteiger partial charge on any atom is -0.374 e. The number of ether oxygens (including phenoxy) is 2. The van der Waals surface area contributed by atoms with Gasteiger partial charge in [-0.05, 0) is 69.1 Å². The number of morpholine rings is 1. The molecule has 3 amide bonds. The van der Waals surface area contributed by atoms with Crippen molar-refractivity contribution in [3.63, 3.8) is 0 Å². The molecule has 4 aliphatic heterocycles. The van der Waals surface area contributed by atoms with E-state index in [-0.39, 0.29) is 66.6 Å². The number of imidazole rings is 1. The Morgan fingerprint density at radius 3 is 2.71 bits per heavy atom. The van der Waals surface area contributed by atoms with E-state index in [1.54, 1.807) is 30.1 Å². The Morgan fingerprint density at radius 2 is 1.94 bits per heavy atom. The zero-order valence-electron chi connectivity index (χ0n) is 34.2. The minimum absolute atomic E-state index is 0.0176. The number of benzene rings is 1. The Labute approximate surface area is 354 Å². The van der Waals surface area contributed by atoms with Gasteiger partial charge in [-0.15, -0.1) is 0 Å². The molecule has 5 fully saturated rings. The van der Waals surface area contributed by atoms with Crippen LogP contribution in [0.5, 0.6) is 0 Å². The van der Waals surface area contributed by atoms with E-state index >= 15 is 0 Å². The lowest BCUT2D eigenvalue weighted by Crippen LogP contribution is -2.44. The van der Waals surface area contributed by atoms with Gasteiger partial charge in [-0.3, -0.25) is 33.5 Å². The Balaban J connectivity index is 0.717.